The molecule has 0 radical (unpaired) electrons. The number of rotatable bonds is 1. The number of para-hydroxylation sites is 1. The highest BCUT2D eigenvalue weighted by molar-refractivity contribution is 6.06. The maximum Gasteiger partial charge on any atom is 0.261 e. The summed E-state index contributed by atoms with van der Waals surface area (Å²) in [6.07, 6.45) is 4.06. The Morgan fingerprint density at radius 1 is 1.42 bits per heavy atom. The van der Waals surface area contributed by atoms with E-state index in [1.54, 1.807) is 11.1 Å². The van der Waals surface area contributed by atoms with E-state index in [9.17, 15) is 9.90 Å². The summed E-state index contributed by atoms with van der Waals surface area (Å²) in [6.45, 7) is 0.609. The smallest absolute Gasteiger partial charge is 0.261 e. The molecule has 1 unspecified atom stereocenters. The van der Waals surface area contributed by atoms with Gasteiger partial charge < -0.3 is 10.0 Å². The van der Waals surface area contributed by atoms with Crippen molar-refractivity contribution >= 4 is 11.6 Å². The van der Waals surface area contributed by atoms with Crippen LogP contribution in [0.1, 0.15) is 34.9 Å². The van der Waals surface area contributed by atoms with Gasteiger partial charge in [0, 0.05) is 24.0 Å². The Hall–Kier alpha value is -2.14. The first kappa shape index (κ1) is 11.9. The van der Waals surface area contributed by atoms with Crippen LogP contribution in [-0.2, 0) is 0 Å². The van der Waals surface area contributed by atoms with Gasteiger partial charge in [-0.2, -0.15) is 5.10 Å². The maximum atomic E-state index is 12.5. The van der Waals surface area contributed by atoms with Crippen LogP contribution in [-0.4, -0.2) is 27.8 Å². The number of nitrogens with zero attached hydrogens (tertiary/aromatic N) is 2. The van der Waals surface area contributed by atoms with Crippen LogP contribution < -0.4 is 4.90 Å². The number of nitrogens with one attached hydrogen (secondary N) is 1. The number of H-pyrrole nitrogens is 1. The van der Waals surface area contributed by atoms with Gasteiger partial charge in [0.2, 0.25) is 0 Å². The number of aromatic nitrogens is 2. The third-order valence-electron chi connectivity index (χ3n) is 3.44. The van der Waals surface area contributed by atoms with Gasteiger partial charge in [0.25, 0.3) is 5.91 Å². The molecule has 2 aromatic rings. The van der Waals surface area contributed by atoms with Gasteiger partial charge in [-0.25, -0.2) is 0 Å². The Morgan fingerprint density at radius 2 is 2.26 bits per heavy atom. The topological polar surface area (TPSA) is 69.2 Å². The summed E-state index contributed by atoms with van der Waals surface area (Å²) in [4.78, 5) is 14.2. The molecule has 2 heterocycles. The number of aromatic amines is 1. The lowest BCUT2D eigenvalue weighted by atomic mass is 10.0. The van der Waals surface area contributed by atoms with Crippen molar-refractivity contribution in [1.29, 1.82) is 0 Å². The van der Waals surface area contributed by atoms with Gasteiger partial charge >= 0.3 is 0 Å². The fourth-order valence-electron chi connectivity index (χ4n) is 2.47. The number of hydrogen-bond donors (Lipinski definition) is 2. The van der Waals surface area contributed by atoms with Crippen molar-refractivity contribution in [3.63, 3.8) is 0 Å². The molecule has 0 saturated heterocycles. The molecule has 0 bridgehead atoms. The second-order valence-corrected chi connectivity index (χ2v) is 4.66. The van der Waals surface area contributed by atoms with Crippen molar-refractivity contribution in [2.75, 3.05) is 11.4 Å². The molecule has 3 rings (SSSR count). The summed E-state index contributed by atoms with van der Waals surface area (Å²) in [5.41, 5.74) is 2.14. The van der Waals surface area contributed by atoms with Crippen molar-refractivity contribution in [2.45, 2.75) is 18.9 Å². The minimum Gasteiger partial charge on any atom is -0.388 e. The van der Waals surface area contributed by atoms with Crippen LogP contribution in [0, 0.1) is 0 Å². The lowest BCUT2D eigenvalue weighted by molar-refractivity contribution is 0.0986. The molecule has 5 heteroatoms. The van der Waals surface area contributed by atoms with Gasteiger partial charge in [0.1, 0.15) is 0 Å². The highest BCUT2D eigenvalue weighted by Crippen LogP contribution is 2.33. The third kappa shape index (κ3) is 2.13. The standard InChI is InChI=1S/C14H15N3O2/c18-13-6-3-7-17(12-5-2-1-4-11(12)13)14(19)10-8-15-16-9-10/h1-2,4-5,8-9,13,18H,3,6-7H2,(H,15,16). The van der Waals surface area contributed by atoms with E-state index in [4.69, 9.17) is 0 Å². The Balaban J connectivity index is 2.02. The molecule has 1 amide bonds. The monoisotopic (exact) mass is 257 g/mol. The zero-order valence-corrected chi connectivity index (χ0v) is 10.4. The number of aliphatic hydroxyl groups excluding tert-OH is 1. The van der Waals surface area contributed by atoms with Crippen molar-refractivity contribution in [2.24, 2.45) is 0 Å². The zero-order chi connectivity index (χ0) is 13.2. The van der Waals surface area contributed by atoms with E-state index in [0.717, 1.165) is 17.7 Å². The Labute approximate surface area is 110 Å². The van der Waals surface area contributed by atoms with Crippen LogP contribution in [0.25, 0.3) is 0 Å². The van der Waals surface area contributed by atoms with Crippen LogP contribution in [0.15, 0.2) is 36.7 Å². The Kier molecular flexibility index (Phi) is 3.05. The van der Waals surface area contributed by atoms with Crippen LogP contribution in [0.2, 0.25) is 0 Å². The summed E-state index contributed by atoms with van der Waals surface area (Å²) in [7, 11) is 0. The first-order valence-corrected chi connectivity index (χ1v) is 6.35. The molecule has 98 valence electrons. The van der Waals surface area contributed by atoms with Gasteiger partial charge in [-0.15, -0.1) is 0 Å². The van der Waals surface area contributed by atoms with Crippen molar-refractivity contribution in [1.82, 2.24) is 10.2 Å². The van der Waals surface area contributed by atoms with E-state index < -0.39 is 6.10 Å². The highest BCUT2D eigenvalue weighted by atomic mass is 16.3. The highest BCUT2D eigenvalue weighted by Gasteiger charge is 2.26. The number of aliphatic hydroxyl groups is 1. The van der Waals surface area contributed by atoms with Crippen molar-refractivity contribution in [3.8, 4) is 0 Å². The number of amides is 1. The Morgan fingerprint density at radius 3 is 3.05 bits per heavy atom. The first-order chi connectivity index (χ1) is 9.27. The molecule has 0 aliphatic carbocycles. The number of hydrogen-bond acceptors (Lipinski definition) is 3. The summed E-state index contributed by atoms with van der Waals surface area (Å²) < 4.78 is 0. The van der Waals surface area contributed by atoms with Gasteiger partial charge in [-0.1, -0.05) is 18.2 Å². The largest absolute Gasteiger partial charge is 0.388 e. The second kappa shape index (κ2) is 4.85. The fraction of sp³-hybridized carbons (Fsp3) is 0.286. The molecule has 1 aromatic heterocycles. The van der Waals surface area contributed by atoms with Gasteiger partial charge in [-0.3, -0.25) is 9.89 Å². The van der Waals surface area contributed by atoms with Crippen LogP contribution in [0.4, 0.5) is 5.69 Å². The van der Waals surface area contributed by atoms with Gasteiger partial charge in [0.05, 0.1) is 17.9 Å². The predicted octanol–water partition coefficient (Wildman–Crippen LogP) is 1.88. The molecule has 5 nitrogen and oxygen atoms in total. The van der Waals surface area contributed by atoms with Crippen LogP contribution in [0.3, 0.4) is 0 Å². The number of carbonyl (C=O) groups is 1. The minimum atomic E-state index is -0.502. The molecule has 0 fully saturated rings. The fourth-order valence-corrected chi connectivity index (χ4v) is 2.47. The lowest BCUT2D eigenvalue weighted by Crippen LogP contribution is -2.31. The van der Waals surface area contributed by atoms with Crippen molar-refractivity contribution < 1.29 is 9.90 Å². The molecule has 1 aliphatic heterocycles. The third-order valence-corrected chi connectivity index (χ3v) is 3.44. The molecular weight excluding hydrogens is 242 g/mol. The van der Waals surface area contributed by atoms with Gasteiger partial charge in [-0.05, 0) is 18.9 Å². The maximum absolute atomic E-state index is 12.5. The normalized spacial score (nSPS) is 18.8. The lowest BCUT2D eigenvalue weighted by Gasteiger charge is -2.22. The van der Waals surface area contributed by atoms with E-state index in [1.165, 1.54) is 6.20 Å². The average Bonchev–Trinajstić information content (AvgIpc) is 2.91. The van der Waals surface area contributed by atoms with Crippen molar-refractivity contribution in [3.05, 3.63) is 47.8 Å². The molecule has 1 atom stereocenters. The van der Waals surface area contributed by atoms with E-state index in [2.05, 4.69) is 10.2 Å². The predicted molar refractivity (Wildman–Crippen MR) is 70.9 cm³/mol. The molecule has 1 aliphatic rings. The Bertz CT molecular complexity index is 580. The second-order valence-electron chi connectivity index (χ2n) is 4.66. The molecular formula is C14H15N3O2. The number of benzene rings is 1. The average molecular weight is 257 g/mol. The number of carbonyl (C=O) groups excluding carboxylic acids is 1. The van der Waals surface area contributed by atoms with Gasteiger partial charge in [0.15, 0.2) is 0 Å². The summed E-state index contributed by atoms with van der Waals surface area (Å²) in [5, 5.41) is 16.6. The molecule has 2 N–H and O–H groups in total. The van der Waals surface area contributed by atoms with Crippen LogP contribution in [0.5, 0.6) is 0 Å². The molecule has 0 saturated carbocycles. The first-order valence-electron chi connectivity index (χ1n) is 6.35. The SMILES string of the molecule is O=C(c1cn[nH]c1)N1CCCC(O)c2ccccc21. The van der Waals surface area contributed by atoms with Crippen LogP contribution >= 0.6 is 0 Å². The number of fused-ring (bicyclic) bond motifs is 1. The summed E-state index contributed by atoms with van der Waals surface area (Å²) in [5.74, 6) is -0.0877. The quantitative estimate of drug-likeness (QED) is 0.819. The van der Waals surface area contributed by atoms with E-state index in [-0.39, 0.29) is 5.91 Å². The minimum absolute atomic E-state index is 0.0877. The van der Waals surface area contributed by atoms with E-state index in [1.807, 2.05) is 24.3 Å². The summed E-state index contributed by atoms with van der Waals surface area (Å²) in [6, 6.07) is 7.52. The molecule has 0 spiro atoms. The van der Waals surface area contributed by atoms with E-state index in [0.29, 0.717) is 18.5 Å². The zero-order valence-electron chi connectivity index (χ0n) is 10.4. The molecule has 1 aromatic carbocycles. The number of anilines is 1. The summed E-state index contributed by atoms with van der Waals surface area (Å²) >= 11 is 0. The van der Waals surface area contributed by atoms with E-state index >= 15 is 0 Å². The molecule has 19 heavy (non-hydrogen) atoms.